The van der Waals surface area contributed by atoms with Crippen molar-refractivity contribution < 1.29 is 13.2 Å². The Morgan fingerprint density at radius 3 is 2.54 bits per heavy atom. The molecule has 1 N–H and O–H groups in total. The third-order valence-corrected chi connectivity index (χ3v) is 6.69. The van der Waals surface area contributed by atoms with Crippen LogP contribution in [0, 0.1) is 0 Å². The van der Waals surface area contributed by atoms with E-state index < -0.39 is 10.0 Å². The molecule has 2 heterocycles. The van der Waals surface area contributed by atoms with Crippen LogP contribution in [0.25, 0.3) is 0 Å². The van der Waals surface area contributed by atoms with Gasteiger partial charge < -0.3 is 5.32 Å². The van der Waals surface area contributed by atoms with Gasteiger partial charge in [-0.15, -0.1) is 0 Å². The van der Waals surface area contributed by atoms with Gasteiger partial charge >= 0.3 is 0 Å². The van der Waals surface area contributed by atoms with E-state index in [1.54, 1.807) is 16.4 Å². The van der Waals surface area contributed by atoms with Gasteiger partial charge in [-0.05, 0) is 56.2 Å². The third-order valence-electron chi connectivity index (χ3n) is 4.43. The lowest BCUT2D eigenvalue weighted by Gasteiger charge is -2.32. The van der Waals surface area contributed by atoms with Crippen LogP contribution in [0.1, 0.15) is 36.5 Å². The molecule has 1 fully saturated rings. The summed E-state index contributed by atoms with van der Waals surface area (Å²) in [7, 11) is -3.54. The van der Waals surface area contributed by atoms with E-state index in [9.17, 15) is 13.2 Å². The number of amides is 1. The first-order chi connectivity index (χ1) is 12.4. The standard InChI is InChI=1S/C18H20ClN3O3S/c1-13-4-2-3-11-22(13)26(24,25)16-8-5-14(6-9-16)18(23)21-17-10-7-15(19)12-20-17/h5-10,12-13H,2-4,11H2,1H3,(H,20,21,23). The number of piperidine rings is 1. The van der Waals surface area contributed by atoms with Crippen molar-refractivity contribution >= 4 is 33.3 Å². The first-order valence-electron chi connectivity index (χ1n) is 8.43. The highest BCUT2D eigenvalue weighted by Gasteiger charge is 2.30. The Morgan fingerprint density at radius 2 is 1.92 bits per heavy atom. The summed E-state index contributed by atoms with van der Waals surface area (Å²) < 4.78 is 27.2. The Balaban J connectivity index is 1.75. The maximum atomic E-state index is 12.8. The summed E-state index contributed by atoms with van der Waals surface area (Å²) in [4.78, 5) is 16.5. The fraction of sp³-hybridized carbons (Fsp3) is 0.333. The van der Waals surface area contributed by atoms with Gasteiger partial charge in [0, 0.05) is 24.3 Å². The lowest BCUT2D eigenvalue weighted by atomic mass is 10.1. The van der Waals surface area contributed by atoms with E-state index in [1.807, 2.05) is 6.92 Å². The van der Waals surface area contributed by atoms with Crippen LogP contribution in [0.2, 0.25) is 5.02 Å². The molecule has 3 rings (SSSR count). The van der Waals surface area contributed by atoms with Crippen molar-refractivity contribution in [3.8, 4) is 0 Å². The van der Waals surface area contributed by atoms with Gasteiger partial charge in [0.2, 0.25) is 10.0 Å². The Hall–Kier alpha value is -1.96. The number of halogens is 1. The van der Waals surface area contributed by atoms with Gasteiger partial charge in [-0.25, -0.2) is 13.4 Å². The maximum absolute atomic E-state index is 12.8. The molecule has 1 aliphatic heterocycles. The number of nitrogens with zero attached hydrogens (tertiary/aromatic N) is 2. The average Bonchev–Trinajstić information content (AvgIpc) is 2.64. The Labute approximate surface area is 158 Å². The molecule has 2 aromatic rings. The molecule has 0 radical (unpaired) electrons. The van der Waals surface area contributed by atoms with E-state index in [0.29, 0.717) is 22.9 Å². The third kappa shape index (κ3) is 4.06. The number of nitrogens with one attached hydrogen (secondary N) is 1. The zero-order valence-corrected chi connectivity index (χ0v) is 15.9. The summed E-state index contributed by atoms with van der Waals surface area (Å²) in [6, 6.07) is 9.17. The molecule has 138 valence electrons. The molecule has 26 heavy (non-hydrogen) atoms. The van der Waals surface area contributed by atoms with Crippen molar-refractivity contribution in [3.05, 3.63) is 53.2 Å². The number of hydrogen-bond acceptors (Lipinski definition) is 4. The van der Waals surface area contributed by atoms with E-state index in [0.717, 1.165) is 19.3 Å². The van der Waals surface area contributed by atoms with Crippen molar-refractivity contribution in [1.29, 1.82) is 0 Å². The lowest BCUT2D eigenvalue weighted by Crippen LogP contribution is -2.41. The summed E-state index contributed by atoms with van der Waals surface area (Å²) in [6.07, 6.45) is 4.23. The van der Waals surface area contributed by atoms with Crippen molar-refractivity contribution in [2.45, 2.75) is 37.1 Å². The molecule has 1 amide bonds. The average molecular weight is 394 g/mol. The van der Waals surface area contributed by atoms with Crippen LogP contribution in [0.15, 0.2) is 47.5 Å². The zero-order chi connectivity index (χ0) is 18.7. The molecule has 1 aromatic carbocycles. The summed E-state index contributed by atoms with van der Waals surface area (Å²) in [5.74, 6) is 0.00773. The SMILES string of the molecule is CC1CCCCN1S(=O)(=O)c1ccc(C(=O)Nc2ccc(Cl)cn2)cc1. The minimum atomic E-state index is -3.54. The van der Waals surface area contributed by atoms with Gasteiger partial charge in [0.15, 0.2) is 0 Å². The number of hydrogen-bond donors (Lipinski definition) is 1. The fourth-order valence-corrected chi connectivity index (χ4v) is 4.79. The van der Waals surface area contributed by atoms with Crippen LogP contribution in [-0.2, 0) is 10.0 Å². The van der Waals surface area contributed by atoms with E-state index in [4.69, 9.17) is 11.6 Å². The largest absolute Gasteiger partial charge is 0.307 e. The van der Waals surface area contributed by atoms with Crippen LogP contribution >= 0.6 is 11.6 Å². The minimum Gasteiger partial charge on any atom is -0.307 e. The number of carbonyl (C=O) groups excluding carboxylic acids is 1. The maximum Gasteiger partial charge on any atom is 0.256 e. The summed E-state index contributed by atoms with van der Waals surface area (Å²) in [5, 5.41) is 3.12. The molecular formula is C18H20ClN3O3S. The second-order valence-corrected chi connectivity index (χ2v) is 8.63. The lowest BCUT2D eigenvalue weighted by molar-refractivity contribution is 0.102. The summed E-state index contributed by atoms with van der Waals surface area (Å²) in [5.41, 5.74) is 0.354. The summed E-state index contributed by atoms with van der Waals surface area (Å²) >= 11 is 5.76. The first kappa shape index (κ1) is 18.8. The highest BCUT2D eigenvalue weighted by Crippen LogP contribution is 2.25. The topological polar surface area (TPSA) is 79.4 Å². The fourth-order valence-electron chi connectivity index (χ4n) is 2.98. The van der Waals surface area contributed by atoms with Gasteiger partial charge in [-0.3, -0.25) is 4.79 Å². The predicted molar refractivity (Wildman–Crippen MR) is 101 cm³/mol. The van der Waals surface area contributed by atoms with Gasteiger partial charge in [-0.1, -0.05) is 18.0 Å². The van der Waals surface area contributed by atoms with Crippen LogP contribution < -0.4 is 5.32 Å². The van der Waals surface area contributed by atoms with Gasteiger partial charge in [-0.2, -0.15) is 4.31 Å². The van der Waals surface area contributed by atoms with Crippen molar-refractivity contribution in [2.75, 3.05) is 11.9 Å². The molecule has 1 saturated heterocycles. The molecule has 6 nitrogen and oxygen atoms in total. The Morgan fingerprint density at radius 1 is 1.19 bits per heavy atom. The number of benzene rings is 1. The van der Waals surface area contributed by atoms with Crippen LogP contribution in [0.5, 0.6) is 0 Å². The van der Waals surface area contributed by atoms with Crippen LogP contribution in [-0.4, -0.2) is 36.2 Å². The molecule has 0 bridgehead atoms. The molecule has 8 heteroatoms. The molecule has 0 spiro atoms. The number of sulfonamides is 1. The van der Waals surface area contributed by atoms with E-state index in [-0.39, 0.29) is 16.8 Å². The van der Waals surface area contributed by atoms with E-state index >= 15 is 0 Å². The first-order valence-corrected chi connectivity index (χ1v) is 10.2. The number of anilines is 1. The molecule has 1 aliphatic rings. The molecule has 0 aliphatic carbocycles. The molecule has 0 saturated carbocycles. The molecule has 1 unspecified atom stereocenters. The van der Waals surface area contributed by atoms with Crippen LogP contribution in [0.3, 0.4) is 0 Å². The highest BCUT2D eigenvalue weighted by atomic mass is 35.5. The number of rotatable bonds is 4. The van der Waals surface area contributed by atoms with E-state index in [2.05, 4.69) is 10.3 Å². The number of aromatic nitrogens is 1. The normalized spacial score (nSPS) is 18.5. The van der Waals surface area contributed by atoms with Gasteiger partial charge in [0.05, 0.1) is 9.92 Å². The summed E-state index contributed by atoms with van der Waals surface area (Å²) in [6.45, 7) is 2.46. The molecule has 1 atom stereocenters. The number of carbonyl (C=O) groups is 1. The Kier molecular flexibility index (Phi) is 5.60. The predicted octanol–water partition coefficient (Wildman–Crippen LogP) is 3.55. The molecule has 1 aromatic heterocycles. The smallest absolute Gasteiger partial charge is 0.256 e. The minimum absolute atomic E-state index is 0.00676. The van der Waals surface area contributed by atoms with E-state index in [1.165, 1.54) is 30.5 Å². The van der Waals surface area contributed by atoms with Crippen molar-refractivity contribution in [1.82, 2.24) is 9.29 Å². The quantitative estimate of drug-likeness (QED) is 0.861. The number of pyridine rings is 1. The van der Waals surface area contributed by atoms with Crippen LogP contribution in [0.4, 0.5) is 5.82 Å². The monoisotopic (exact) mass is 393 g/mol. The van der Waals surface area contributed by atoms with Crippen molar-refractivity contribution in [2.24, 2.45) is 0 Å². The van der Waals surface area contributed by atoms with Gasteiger partial charge in [0.1, 0.15) is 5.82 Å². The highest BCUT2D eigenvalue weighted by molar-refractivity contribution is 7.89. The zero-order valence-electron chi connectivity index (χ0n) is 14.4. The second-order valence-electron chi connectivity index (χ2n) is 6.30. The second kappa shape index (κ2) is 7.73. The van der Waals surface area contributed by atoms with Gasteiger partial charge in [0.25, 0.3) is 5.91 Å². The Bertz CT molecular complexity index is 883. The molecular weight excluding hydrogens is 374 g/mol. The van der Waals surface area contributed by atoms with Crippen molar-refractivity contribution in [3.63, 3.8) is 0 Å².